The van der Waals surface area contributed by atoms with Crippen molar-refractivity contribution in [2.75, 3.05) is 0 Å². The van der Waals surface area contributed by atoms with Crippen molar-refractivity contribution in [2.24, 2.45) is 5.84 Å². The SMILES string of the molecule is NNC(=S)NCc1cc(F)c(F)cc1F. The first-order valence-electron chi connectivity index (χ1n) is 3.92. The highest BCUT2D eigenvalue weighted by Gasteiger charge is 2.09. The van der Waals surface area contributed by atoms with E-state index in [0.717, 1.165) is 6.07 Å². The van der Waals surface area contributed by atoms with Gasteiger partial charge in [0.05, 0.1) is 0 Å². The molecule has 1 aromatic rings. The summed E-state index contributed by atoms with van der Waals surface area (Å²) in [4.78, 5) is 0. The van der Waals surface area contributed by atoms with E-state index in [0.29, 0.717) is 6.07 Å². The molecule has 4 N–H and O–H groups in total. The Labute approximate surface area is 89.4 Å². The number of rotatable bonds is 2. The molecule has 0 atom stereocenters. The van der Waals surface area contributed by atoms with Gasteiger partial charge in [-0.05, 0) is 18.3 Å². The molecule has 0 aromatic heterocycles. The maximum absolute atomic E-state index is 13.0. The summed E-state index contributed by atoms with van der Waals surface area (Å²) in [5.74, 6) is 1.76. The second-order valence-electron chi connectivity index (χ2n) is 2.68. The van der Waals surface area contributed by atoms with Crippen LogP contribution in [0.4, 0.5) is 13.2 Å². The van der Waals surface area contributed by atoms with E-state index in [1.165, 1.54) is 0 Å². The summed E-state index contributed by atoms with van der Waals surface area (Å²) < 4.78 is 38.3. The first kappa shape index (κ1) is 11.7. The van der Waals surface area contributed by atoms with Crippen molar-refractivity contribution in [1.82, 2.24) is 10.7 Å². The van der Waals surface area contributed by atoms with E-state index < -0.39 is 17.5 Å². The van der Waals surface area contributed by atoms with E-state index >= 15 is 0 Å². The van der Waals surface area contributed by atoms with Crippen LogP contribution in [0.2, 0.25) is 0 Å². The van der Waals surface area contributed by atoms with Crippen LogP contribution in [-0.4, -0.2) is 5.11 Å². The van der Waals surface area contributed by atoms with Crippen LogP contribution in [0.5, 0.6) is 0 Å². The zero-order valence-electron chi connectivity index (χ0n) is 7.48. The van der Waals surface area contributed by atoms with Gasteiger partial charge in [-0.1, -0.05) is 0 Å². The Morgan fingerprint density at radius 1 is 1.20 bits per heavy atom. The molecular formula is C8H8F3N3S. The summed E-state index contributed by atoms with van der Waals surface area (Å²) in [7, 11) is 0. The molecule has 0 spiro atoms. The van der Waals surface area contributed by atoms with Gasteiger partial charge in [0, 0.05) is 18.2 Å². The van der Waals surface area contributed by atoms with Crippen molar-refractivity contribution < 1.29 is 13.2 Å². The second-order valence-corrected chi connectivity index (χ2v) is 3.09. The molecule has 0 radical (unpaired) electrons. The third kappa shape index (κ3) is 3.07. The van der Waals surface area contributed by atoms with E-state index in [1.807, 2.05) is 0 Å². The number of hydrogen-bond donors (Lipinski definition) is 3. The van der Waals surface area contributed by atoms with Gasteiger partial charge in [0.25, 0.3) is 0 Å². The molecule has 0 amide bonds. The van der Waals surface area contributed by atoms with Crippen molar-refractivity contribution in [2.45, 2.75) is 6.54 Å². The second kappa shape index (κ2) is 4.94. The lowest BCUT2D eigenvalue weighted by atomic mass is 10.2. The fourth-order valence-electron chi connectivity index (χ4n) is 0.926. The van der Waals surface area contributed by atoms with Crippen LogP contribution in [-0.2, 0) is 6.54 Å². The van der Waals surface area contributed by atoms with Crippen LogP contribution in [0.25, 0.3) is 0 Å². The van der Waals surface area contributed by atoms with Gasteiger partial charge >= 0.3 is 0 Å². The number of halogens is 3. The summed E-state index contributed by atoms with van der Waals surface area (Å²) in [6.45, 7) is -0.0773. The zero-order chi connectivity index (χ0) is 11.4. The van der Waals surface area contributed by atoms with Gasteiger partial charge in [-0.3, -0.25) is 0 Å². The fourth-order valence-corrected chi connectivity index (χ4v) is 0.998. The Morgan fingerprint density at radius 2 is 1.80 bits per heavy atom. The number of hydrogen-bond acceptors (Lipinski definition) is 2. The van der Waals surface area contributed by atoms with Gasteiger partial charge in [-0.25, -0.2) is 19.0 Å². The molecule has 0 saturated heterocycles. The molecule has 0 aliphatic rings. The Morgan fingerprint density at radius 3 is 2.40 bits per heavy atom. The van der Waals surface area contributed by atoms with Crippen molar-refractivity contribution in [1.29, 1.82) is 0 Å². The van der Waals surface area contributed by atoms with Crippen LogP contribution in [0.1, 0.15) is 5.56 Å². The van der Waals surface area contributed by atoms with E-state index in [9.17, 15) is 13.2 Å². The minimum absolute atomic E-state index is 0.0356. The summed E-state index contributed by atoms with van der Waals surface area (Å²) in [5.41, 5.74) is 2.08. The highest BCUT2D eigenvalue weighted by atomic mass is 32.1. The van der Waals surface area contributed by atoms with Gasteiger partial charge in [-0.2, -0.15) is 0 Å². The molecule has 0 unspecified atom stereocenters. The molecule has 0 heterocycles. The molecule has 0 bridgehead atoms. The van der Waals surface area contributed by atoms with Crippen LogP contribution in [0, 0.1) is 17.5 Å². The average Bonchev–Trinajstić information content (AvgIpc) is 2.21. The van der Waals surface area contributed by atoms with E-state index in [-0.39, 0.29) is 17.2 Å². The Bertz CT molecular complexity index is 384. The molecular weight excluding hydrogens is 227 g/mol. The molecule has 7 heteroatoms. The highest BCUT2D eigenvalue weighted by Crippen LogP contribution is 2.13. The first-order valence-corrected chi connectivity index (χ1v) is 4.33. The number of benzene rings is 1. The van der Waals surface area contributed by atoms with E-state index in [2.05, 4.69) is 23.0 Å². The lowest BCUT2D eigenvalue weighted by Gasteiger charge is -2.07. The van der Waals surface area contributed by atoms with Crippen molar-refractivity contribution in [3.05, 3.63) is 35.1 Å². The van der Waals surface area contributed by atoms with Gasteiger partial charge < -0.3 is 10.7 Å². The predicted octanol–water partition coefficient (Wildman–Crippen LogP) is 0.942. The van der Waals surface area contributed by atoms with Crippen molar-refractivity contribution in [3.8, 4) is 0 Å². The van der Waals surface area contributed by atoms with Crippen molar-refractivity contribution >= 4 is 17.3 Å². The van der Waals surface area contributed by atoms with Gasteiger partial charge in [0.1, 0.15) is 5.82 Å². The standard InChI is InChI=1S/C8H8F3N3S/c9-5-2-7(11)6(10)1-4(5)3-13-8(15)14-12/h1-2H,3,12H2,(H2,13,14,15). The first-order chi connectivity index (χ1) is 7.04. The monoisotopic (exact) mass is 235 g/mol. The summed E-state index contributed by atoms with van der Waals surface area (Å²) in [5, 5.41) is 2.58. The third-order valence-electron chi connectivity index (χ3n) is 1.66. The summed E-state index contributed by atoms with van der Waals surface area (Å²) in [6.07, 6.45) is 0. The topological polar surface area (TPSA) is 50.1 Å². The minimum Gasteiger partial charge on any atom is -0.357 e. The summed E-state index contributed by atoms with van der Waals surface area (Å²) in [6, 6.07) is 1.24. The van der Waals surface area contributed by atoms with Gasteiger partial charge in [0.15, 0.2) is 16.7 Å². The molecule has 1 aromatic carbocycles. The van der Waals surface area contributed by atoms with E-state index in [4.69, 9.17) is 5.84 Å². The smallest absolute Gasteiger partial charge is 0.180 e. The number of nitrogens with two attached hydrogens (primary N) is 1. The van der Waals surface area contributed by atoms with Crippen LogP contribution in [0.3, 0.4) is 0 Å². The number of thiocarbonyl (C=S) groups is 1. The predicted molar refractivity (Wildman–Crippen MR) is 53.1 cm³/mol. The van der Waals surface area contributed by atoms with Crippen LogP contribution in [0.15, 0.2) is 12.1 Å². The van der Waals surface area contributed by atoms with Gasteiger partial charge in [-0.15, -0.1) is 0 Å². The maximum Gasteiger partial charge on any atom is 0.180 e. The quantitative estimate of drug-likeness (QED) is 0.309. The molecule has 0 aliphatic carbocycles. The molecule has 15 heavy (non-hydrogen) atoms. The Kier molecular flexibility index (Phi) is 3.87. The maximum atomic E-state index is 13.0. The minimum atomic E-state index is -1.23. The molecule has 3 nitrogen and oxygen atoms in total. The molecule has 1 rings (SSSR count). The molecule has 0 saturated carbocycles. The average molecular weight is 235 g/mol. The zero-order valence-corrected chi connectivity index (χ0v) is 8.30. The van der Waals surface area contributed by atoms with Crippen molar-refractivity contribution in [3.63, 3.8) is 0 Å². The lowest BCUT2D eigenvalue weighted by molar-refractivity contribution is 0.489. The third-order valence-corrected chi connectivity index (χ3v) is 1.92. The fraction of sp³-hybridized carbons (Fsp3) is 0.125. The largest absolute Gasteiger partial charge is 0.357 e. The summed E-state index contributed by atoms with van der Waals surface area (Å²) >= 11 is 4.62. The van der Waals surface area contributed by atoms with Gasteiger partial charge in [0.2, 0.25) is 0 Å². The number of nitrogens with one attached hydrogen (secondary N) is 2. The number of hydrazine groups is 1. The highest BCUT2D eigenvalue weighted by molar-refractivity contribution is 7.80. The van der Waals surface area contributed by atoms with Crippen LogP contribution >= 0.6 is 12.2 Å². The Balaban J connectivity index is 2.77. The molecule has 0 fully saturated rings. The van der Waals surface area contributed by atoms with E-state index in [1.54, 1.807) is 0 Å². The van der Waals surface area contributed by atoms with Crippen LogP contribution < -0.4 is 16.6 Å². The molecule has 0 aliphatic heterocycles. The Hall–Kier alpha value is -1.34. The molecule has 82 valence electrons. The lowest BCUT2D eigenvalue weighted by Crippen LogP contribution is -2.39. The normalized spacial score (nSPS) is 9.87.